The minimum absolute atomic E-state index is 0.0690. The van der Waals surface area contributed by atoms with Crippen molar-refractivity contribution in [2.24, 2.45) is 0 Å². The Morgan fingerprint density at radius 1 is 0.610 bits per heavy atom. The van der Waals surface area contributed by atoms with Crippen LogP contribution >= 0.6 is 0 Å². The van der Waals surface area contributed by atoms with Gasteiger partial charge in [0.15, 0.2) is 5.78 Å². The van der Waals surface area contributed by atoms with Crippen LogP contribution in [-0.2, 0) is 11.3 Å². The van der Waals surface area contributed by atoms with E-state index in [9.17, 15) is 4.79 Å². The van der Waals surface area contributed by atoms with E-state index in [0.717, 1.165) is 39.3 Å². The Kier molecular flexibility index (Phi) is 7.86. The van der Waals surface area contributed by atoms with Crippen molar-refractivity contribution in [3.63, 3.8) is 0 Å². The van der Waals surface area contributed by atoms with E-state index in [0.29, 0.717) is 12.1 Å². The summed E-state index contributed by atoms with van der Waals surface area (Å²) in [6.45, 7) is 0.498. The van der Waals surface area contributed by atoms with Crippen LogP contribution in [0.15, 0.2) is 179 Å². The molecule has 3 heteroatoms. The highest BCUT2D eigenvalue weighted by Crippen LogP contribution is 2.39. The van der Waals surface area contributed by atoms with Gasteiger partial charge in [-0.2, -0.15) is 0 Å². The molecule has 0 unspecified atom stereocenters. The van der Waals surface area contributed by atoms with Crippen molar-refractivity contribution < 1.29 is 9.21 Å². The maximum absolute atomic E-state index is 14.6. The standard InChI is InChI=1S/C38H31NO2/c40-38(36(30-19-9-3-10-20-30)31-21-11-4-12-22-31)34-25-13-24-33(34)37(39-27-32-23-14-26-41-32)35(28-15-5-1-6-16-28)29-17-7-2-8-18-29/h1-26,35-36,39H,27H2. The van der Waals surface area contributed by atoms with Crippen LogP contribution in [0.2, 0.25) is 0 Å². The predicted molar refractivity (Wildman–Crippen MR) is 164 cm³/mol. The quantitative estimate of drug-likeness (QED) is 0.196. The Bertz CT molecular complexity index is 1590. The highest BCUT2D eigenvalue weighted by atomic mass is 16.3. The summed E-state index contributed by atoms with van der Waals surface area (Å²) in [6, 6.07) is 44.8. The summed E-state index contributed by atoms with van der Waals surface area (Å²) < 4.78 is 5.68. The van der Waals surface area contributed by atoms with Gasteiger partial charge in [-0.1, -0.05) is 140 Å². The summed E-state index contributed by atoms with van der Waals surface area (Å²) in [5.41, 5.74) is 6.79. The minimum atomic E-state index is -0.420. The first-order chi connectivity index (χ1) is 20.3. The molecule has 0 fully saturated rings. The predicted octanol–water partition coefficient (Wildman–Crippen LogP) is 8.35. The van der Waals surface area contributed by atoms with Gasteiger partial charge in [0.25, 0.3) is 0 Å². The lowest BCUT2D eigenvalue weighted by Gasteiger charge is -2.26. The van der Waals surface area contributed by atoms with Crippen molar-refractivity contribution >= 4 is 5.78 Å². The van der Waals surface area contributed by atoms with Crippen LogP contribution in [0.25, 0.3) is 0 Å². The number of carbonyl (C=O) groups is 1. The summed E-state index contributed by atoms with van der Waals surface area (Å²) in [5, 5.41) is 3.71. The molecular formula is C38H31NO2. The Labute approximate surface area is 241 Å². The molecule has 1 aromatic heterocycles. The lowest BCUT2D eigenvalue weighted by atomic mass is 9.80. The van der Waals surface area contributed by atoms with E-state index < -0.39 is 5.92 Å². The van der Waals surface area contributed by atoms with Gasteiger partial charge in [0.2, 0.25) is 0 Å². The zero-order valence-electron chi connectivity index (χ0n) is 22.7. The van der Waals surface area contributed by atoms with Crippen molar-refractivity contribution in [1.82, 2.24) is 5.32 Å². The van der Waals surface area contributed by atoms with E-state index in [2.05, 4.69) is 59.9 Å². The third-order valence-corrected chi connectivity index (χ3v) is 7.49. The number of Topliss-reactive ketones (excluding diaryl/α,β-unsaturated/α-hetero) is 1. The Balaban J connectivity index is 1.49. The summed E-state index contributed by atoms with van der Waals surface area (Å²) in [5.74, 6) is 0.359. The summed E-state index contributed by atoms with van der Waals surface area (Å²) in [4.78, 5) is 14.6. The molecule has 0 bridgehead atoms. The summed E-state index contributed by atoms with van der Waals surface area (Å²) >= 11 is 0. The Hall–Kier alpha value is -5.15. The molecule has 3 nitrogen and oxygen atoms in total. The van der Waals surface area contributed by atoms with E-state index in [1.165, 1.54) is 0 Å². The van der Waals surface area contributed by atoms with Crippen molar-refractivity contribution in [2.45, 2.75) is 18.4 Å². The lowest BCUT2D eigenvalue weighted by molar-refractivity contribution is -0.115. The van der Waals surface area contributed by atoms with Gasteiger partial charge in [-0.15, -0.1) is 0 Å². The molecule has 0 saturated heterocycles. The molecule has 0 spiro atoms. The van der Waals surface area contributed by atoms with Crippen molar-refractivity contribution in [3.8, 4) is 0 Å². The van der Waals surface area contributed by atoms with Crippen LogP contribution in [0.1, 0.15) is 39.8 Å². The fraction of sp³-hybridized carbons (Fsp3) is 0.0789. The molecule has 0 radical (unpaired) electrons. The summed E-state index contributed by atoms with van der Waals surface area (Å²) in [7, 11) is 0. The van der Waals surface area contributed by atoms with Crippen LogP contribution < -0.4 is 5.32 Å². The molecule has 0 saturated carbocycles. The third kappa shape index (κ3) is 5.75. The third-order valence-electron chi connectivity index (χ3n) is 7.49. The molecule has 1 heterocycles. The van der Waals surface area contributed by atoms with Gasteiger partial charge in [-0.3, -0.25) is 4.79 Å². The monoisotopic (exact) mass is 533 g/mol. The second-order valence-electron chi connectivity index (χ2n) is 10.1. The Morgan fingerprint density at radius 2 is 1.10 bits per heavy atom. The zero-order valence-corrected chi connectivity index (χ0v) is 22.7. The van der Waals surface area contributed by atoms with E-state index in [1.807, 2.05) is 97.1 Å². The second-order valence-corrected chi connectivity index (χ2v) is 10.1. The van der Waals surface area contributed by atoms with Crippen LogP contribution in [0, 0.1) is 0 Å². The van der Waals surface area contributed by atoms with Gasteiger partial charge in [-0.25, -0.2) is 0 Å². The molecule has 41 heavy (non-hydrogen) atoms. The van der Waals surface area contributed by atoms with Crippen LogP contribution in [0.4, 0.5) is 0 Å². The topological polar surface area (TPSA) is 42.2 Å². The Morgan fingerprint density at radius 3 is 1.56 bits per heavy atom. The molecule has 0 amide bonds. The highest BCUT2D eigenvalue weighted by Gasteiger charge is 2.31. The number of furan rings is 1. The molecule has 1 aliphatic carbocycles. The van der Waals surface area contributed by atoms with Crippen LogP contribution in [0.5, 0.6) is 0 Å². The average molecular weight is 534 g/mol. The summed E-state index contributed by atoms with van der Waals surface area (Å²) in [6.07, 6.45) is 7.68. The smallest absolute Gasteiger partial charge is 0.175 e. The number of nitrogens with one attached hydrogen (secondary N) is 1. The number of allylic oxidation sites excluding steroid dienone is 6. The van der Waals surface area contributed by atoms with Gasteiger partial charge >= 0.3 is 0 Å². The number of benzene rings is 4. The molecule has 6 rings (SSSR count). The number of rotatable bonds is 10. The fourth-order valence-electron chi connectivity index (χ4n) is 5.58. The maximum Gasteiger partial charge on any atom is 0.175 e. The first kappa shape index (κ1) is 26.1. The van der Waals surface area contributed by atoms with E-state index in [4.69, 9.17) is 4.42 Å². The average Bonchev–Trinajstić information content (AvgIpc) is 3.74. The van der Waals surface area contributed by atoms with Gasteiger partial charge in [0.1, 0.15) is 5.76 Å². The molecular weight excluding hydrogens is 502 g/mol. The lowest BCUT2D eigenvalue weighted by Crippen LogP contribution is -2.24. The van der Waals surface area contributed by atoms with Crippen LogP contribution in [0.3, 0.4) is 0 Å². The highest BCUT2D eigenvalue weighted by molar-refractivity contribution is 6.07. The van der Waals surface area contributed by atoms with Crippen molar-refractivity contribution in [1.29, 1.82) is 0 Å². The van der Waals surface area contributed by atoms with Crippen molar-refractivity contribution in [2.75, 3.05) is 0 Å². The van der Waals surface area contributed by atoms with E-state index in [-0.39, 0.29) is 11.7 Å². The van der Waals surface area contributed by atoms with Gasteiger partial charge in [0.05, 0.1) is 18.7 Å². The molecule has 1 aliphatic rings. The largest absolute Gasteiger partial charge is 0.467 e. The first-order valence-corrected chi connectivity index (χ1v) is 13.9. The van der Waals surface area contributed by atoms with Gasteiger partial charge < -0.3 is 9.73 Å². The molecule has 5 aromatic rings. The molecule has 0 atom stereocenters. The normalized spacial score (nSPS) is 13.9. The maximum atomic E-state index is 14.6. The van der Waals surface area contributed by atoms with Gasteiger partial charge in [0, 0.05) is 22.8 Å². The number of ketones is 1. The number of hydrogen-bond acceptors (Lipinski definition) is 3. The molecule has 1 N–H and O–H groups in total. The molecule has 200 valence electrons. The molecule has 4 aromatic carbocycles. The number of hydrogen-bond donors (Lipinski definition) is 1. The first-order valence-electron chi connectivity index (χ1n) is 13.9. The number of carbonyl (C=O) groups excluding carboxylic acids is 1. The van der Waals surface area contributed by atoms with E-state index in [1.54, 1.807) is 6.26 Å². The van der Waals surface area contributed by atoms with Crippen LogP contribution in [-0.4, -0.2) is 5.78 Å². The second kappa shape index (κ2) is 12.4. The zero-order chi connectivity index (χ0) is 27.9. The molecule has 0 aliphatic heterocycles. The fourth-order valence-corrected chi connectivity index (χ4v) is 5.58. The van der Waals surface area contributed by atoms with E-state index >= 15 is 0 Å². The minimum Gasteiger partial charge on any atom is -0.467 e. The van der Waals surface area contributed by atoms with Gasteiger partial charge in [-0.05, 0) is 34.4 Å². The SMILES string of the molecule is O=C(C1=CC=CC1=C(NCc1ccco1)C(c1ccccc1)c1ccccc1)C(c1ccccc1)c1ccccc1. The van der Waals surface area contributed by atoms with Crippen molar-refractivity contribution in [3.05, 3.63) is 203 Å².